The van der Waals surface area contributed by atoms with Crippen LogP contribution in [0.3, 0.4) is 0 Å². The minimum atomic E-state index is -4.82. The standard InChI is InChI=1S/C18H24F3N3O2/c1-2-3-4-5-16(25)22-14-6-8-15(9-7-14)23-10-12-24(13-11-23)17(26)18(19,20)21/h6-9H,2-5,10-13H2,1H3,(H,22,25). The summed E-state index contributed by atoms with van der Waals surface area (Å²) in [4.78, 5) is 25.8. The highest BCUT2D eigenvalue weighted by molar-refractivity contribution is 5.90. The molecule has 1 aliphatic rings. The zero-order valence-corrected chi connectivity index (χ0v) is 14.8. The van der Waals surface area contributed by atoms with Crippen molar-refractivity contribution in [2.75, 3.05) is 36.4 Å². The van der Waals surface area contributed by atoms with E-state index in [1.54, 1.807) is 12.1 Å². The zero-order chi connectivity index (χ0) is 19.2. The van der Waals surface area contributed by atoms with Gasteiger partial charge in [0.05, 0.1) is 0 Å². The molecule has 1 heterocycles. The van der Waals surface area contributed by atoms with Crippen LogP contribution in [0.4, 0.5) is 24.5 Å². The first-order chi connectivity index (χ1) is 12.3. The average molecular weight is 371 g/mol. The third-order valence-electron chi connectivity index (χ3n) is 4.33. The molecule has 1 saturated heterocycles. The molecule has 2 rings (SSSR count). The number of piperazine rings is 1. The van der Waals surface area contributed by atoms with E-state index in [9.17, 15) is 22.8 Å². The van der Waals surface area contributed by atoms with Crippen molar-refractivity contribution >= 4 is 23.2 Å². The minimum Gasteiger partial charge on any atom is -0.368 e. The van der Waals surface area contributed by atoms with Crippen LogP contribution in [0, 0.1) is 0 Å². The summed E-state index contributed by atoms with van der Waals surface area (Å²) in [6.45, 7) is 2.83. The van der Waals surface area contributed by atoms with E-state index >= 15 is 0 Å². The molecular weight excluding hydrogens is 347 g/mol. The van der Waals surface area contributed by atoms with Crippen molar-refractivity contribution in [1.82, 2.24) is 4.90 Å². The van der Waals surface area contributed by atoms with Crippen molar-refractivity contribution in [1.29, 1.82) is 0 Å². The topological polar surface area (TPSA) is 52.7 Å². The number of nitrogens with zero attached hydrogens (tertiary/aromatic N) is 2. The quantitative estimate of drug-likeness (QED) is 0.780. The van der Waals surface area contributed by atoms with E-state index in [0.717, 1.165) is 29.8 Å². The fourth-order valence-corrected chi connectivity index (χ4v) is 2.86. The Kier molecular flexibility index (Phi) is 6.88. The van der Waals surface area contributed by atoms with Gasteiger partial charge in [0.2, 0.25) is 5.91 Å². The maximum atomic E-state index is 12.5. The van der Waals surface area contributed by atoms with Gasteiger partial charge in [-0.05, 0) is 30.7 Å². The monoisotopic (exact) mass is 371 g/mol. The Labute approximate surface area is 151 Å². The summed E-state index contributed by atoms with van der Waals surface area (Å²) in [6.07, 6.45) is -1.38. The van der Waals surface area contributed by atoms with Crippen LogP contribution < -0.4 is 10.2 Å². The van der Waals surface area contributed by atoms with Crippen molar-refractivity contribution in [2.45, 2.75) is 38.8 Å². The Hall–Kier alpha value is -2.25. The van der Waals surface area contributed by atoms with Crippen LogP contribution in [0.25, 0.3) is 0 Å². The lowest BCUT2D eigenvalue weighted by Crippen LogP contribution is -2.52. The normalized spacial score (nSPS) is 15.1. The van der Waals surface area contributed by atoms with E-state index in [1.807, 2.05) is 17.0 Å². The lowest BCUT2D eigenvalue weighted by Gasteiger charge is -2.36. The summed E-state index contributed by atoms with van der Waals surface area (Å²) in [5, 5.41) is 2.83. The van der Waals surface area contributed by atoms with Crippen LogP contribution in [-0.2, 0) is 9.59 Å². The second-order valence-corrected chi connectivity index (χ2v) is 6.33. The molecular formula is C18H24F3N3O2. The number of hydrogen-bond acceptors (Lipinski definition) is 3. The Morgan fingerprint density at radius 1 is 1.04 bits per heavy atom. The average Bonchev–Trinajstić information content (AvgIpc) is 2.61. The van der Waals surface area contributed by atoms with E-state index in [0.29, 0.717) is 25.2 Å². The van der Waals surface area contributed by atoms with E-state index in [-0.39, 0.29) is 19.0 Å². The molecule has 8 heteroatoms. The van der Waals surface area contributed by atoms with Crippen LogP contribution in [0.15, 0.2) is 24.3 Å². The summed E-state index contributed by atoms with van der Waals surface area (Å²) >= 11 is 0. The Morgan fingerprint density at radius 3 is 2.19 bits per heavy atom. The molecule has 0 atom stereocenters. The maximum Gasteiger partial charge on any atom is 0.471 e. The summed E-state index contributed by atoms with van der Waals surface area (Å²) in [5.41, 5.74) is 1.55. The highest BCUT2D eigenvalue weighted by atomic mass is 19.4. The SMILES string of the molecule is CCCCCC(=O)Nc1ccc(N2CCN(C(=O)C(F)(F)F)CC2)cc1. The van der Waals surface area contributed by atoms with Crippen LogP contribution >= 0.6 is 0 Å². The molecule has 0 unspecified atom stereocenters. The first kappa shape index (κ1) is 20.1. The van der Waals surface area contributed by atoms with Crippen molar-refractivity contribution in [3.8, 4) is 0 Å². The first-order valence-electron chi connectivity index (χ1n) is 8.82. The van der Waals surface area contributed by atoms with Crippen molar-refractivity contribution in [3.63, 3.8) is 0 Å². The number of carbonyl (C=O) groups is 2. The molecule has 1 aliphatic heterocycles. The smallest absolute Gasteiger partial charge is 0.368 e. The van der Waals surface area contributed by atoms with Crippen LogP contribution in [0.5, 0.6) is 0 Å². The highest BCUT2D eigenvalue weighted by Crippen LogP contribution is 2.23. The number of halogens is 3. The molecule has 144 valence electrons. The minimum absolute atomic E-state index is 0.0227. The van der Waals surface area contributed by atoms with Crippen molar-refractivity contribution in [2.24, 2.45) is 0 Å². The third-order valence-corrected chi connectivity index (χ3v) is 4.33. The summed E-state index contributed by atoms with van der Waals surface area (Å²) in [5.74, 6) is -1.80. The maximum absolute atomic E-state index is 12.5. The van der Waals surface area contributed by atoms with Crippen LogP contribution in [-0.4, -0.2) is 49.1 Å². The van der Waals surface area contributed by atoms with Crippen LogP contribution in [0.1, 0.15) is 32.6 Å². The molecule has 1 aromatic rings. The number of carbonyl (C=O) groups excluding carboxylic acids is 2. The molecule has 0 aliphatic carbocycles. The van der Waals surface area contributed by atoms with E-state index in [4.69, 9.17) is 0 Å². The lowest BCUT2D eigenvalue weighted by molar-refractivity contribution is -0.185. The van der Waals surface area contributed by atoms with Gasteiger partial charge in [0.15, 0.2) is 0 Å². The third kappa shape index (κ3) is 5.64. The first-order valence-corrected chi connectivity index (χ1v) is 8.82. The molecule has 0 bridgehead atoms. The van der Waals surface area contributed by atoms with Gasteiger partial charge in [-0.2, -0.15) is 13.2 Å². The van der Waals surface area contributed by atoms with Gasteiger partial charge >= 0.3 is 12.1 Å². The fraction of sp³-hybridized carbons (Fsp3) is 0.556. The highest BCUT2D eigenvalue weighted by Gasteiger charge is 2.43. The zero-order valence-electron chi connectivity index (χ0n) is 14.8. The number of amides is 2. The van der Waals surface area contributed by atoms with Gasteiger partial charge in [-0.3, -0.25) is 9.59 Å². The largest absolute Gasteiger partial charge is 0.471 e. The number of benzene rings is 1. The summed E-state index contributed by atoms with van der Waals surface area (Å²) in [7, 11) is 0. The fourth-order valence-electron chi connectivity index (χ4n) is 2.86. The van der Waals surface area contributed by atoms with E-state index in [1.165, 1.54) is 0 Å². The number of alkyl halides is 3. The van der Waals surface area contributed by atoms with Gasteiger partial charge in [0.1, 0.15) is 0 Å². The molecule has 2 amide bonds. The second-order valence-electron chi connectivity index (χ2n) is 6.33. The number of hydrogen-bond donors (Lipinski definition) is 1. The molecule has 26 heavy (non-hydrogen) atoms. The number of rotatable bonds is 6. The number of unbranched alkanes of at least 4 members (excludes halogenated alkanes) is 2. The Balaban J connectivity index is 1.84. The summed E-state index contributed by atoms with van der Waals surface area (Å²) < 4.78 is 37.4. The Morgan fingerprint density at radius 2 is 1.65 bits per heavy atom. The second kappa shape index (κ2) is 8.91. The van der Waals surface area contributed by atoms with Crippen molar-refractivity contribution in [3.05, 3.63) is 24.3 Å². The molecule has 0 spiro atoms. The molecule has 1 N–H and O–H groups in total. The molecule has 5 nitrogen and oxygen atoms in total. The van der Waals surface area contributed by atoms with Gasteiger partial charge in [-0.1, -0.05) is 19.8 Å². The lowest BCUT2D eigenvalue weighted by atomic mass is 10.2. The predicted molar refractivity (Wildman–Crippen MR) is 94.1 cm³/mol. The van der Waals surface area contributed by atoms with Gasteiger partial charge in [-0.25, -0.2) is 0 Å². The number of nitrogens with one attached hydrogen (secondary N) is 1. The molecule has 0 aromatic heterocycles. The van der Waals surface area contributed by atoms with Gasteiger partial charge in [0, 0.05) is 44.0 Å². The van der Waals surface area contributed by atoms with E-state index < -0.39 is 12.1 Å². The van der Waals surface area contributed by atoms with Crippen LogP contribution in [0.2, 0.25) is 0 Å². The molecule has 1 fully saturated rings. The Bertz CT molecular complexity index is 609. The molecule has 0 radical (unpaired) electrons. The van der Waals surface area contributed by atoms with Crippen molar-refractivity contribution < 1.29 is 22.8 Å². The van der Waals surface area contributed by atoms with Gasteiger partial charge in [0.25, 0.3) is 0 Å². The predicted octanol–water partition coefficient (Wildman–Crippen LogP) is 3.42. The molecule has 1 aromatic carbocycles. The summed E-state index contributed by atoms with van der Waals surface area (Å²) in [6, 6.07) is 7.20. The van der Waals surface area contributed by atoms with Gasteiger partial charge < -0.3 is 15.1 Å². The van der Waals surface area contributed by atoms with E-state index in [2.05, 4.69) is 12.2 Å². The van der Waals surface area contributed by atoms with Gasteiger partial charge in [-0.15, -0.1) is 0 Å². The number of anilines is 2. The molecule has 0 saturated carbocycles.